The van der Waals surface area contributed by atoms with Crippen molar-refractivity contribution in [2.45, 2.75) is 19.5 Å². The molecule has 25 heavy (non-hydrogen) atoms. The predicted octanol–water partition coefficient (Wildman–Crippen LogP) is 2.63. The van der Waals surface area contributed by atoms with Crippen LogP contribution in [0.3, 0.4) is 0 Å². The minimum atomic E-state index is -1.04. The summed E-state index contributed by atoms with van der Waals surface area (Å²) in [4.78, 5) is 20.4. The highest BCUT2D eigenvalue weighted by Gasteiger charge is 2.43. The molecule has 3 aromatic heterocycles. The lowest BCUT2D eigenvalue weighted by Gasteiger charge is -2.09. The minimum Gasteiger partial charge on any atom is -0.480 e. The molecule has 1 saturated carbocycles. The largest absolute Gasteiger partial charge is 0.480 e. The molecule has 1 fully saturated rings. The molecule has 1 aliphatic carbocycles. The van der Waals surface area contributed by atoms with Crippen LogP contribution in [0, 0.1) is 12.8 Å². The fourth-order valence-corrected chi connectivity index (χ4v) is 2.80. The normalized spacial score (nSPS) is 19.0. The number of aromatic nitrogens is 4. The van der Waals surface area contributed by atoms with E-state index in [1.807, 2.05) is 19.1 Å². The Bertz CT molecular complexity index is 971. The second-order valence-corrected chi connectivity index (χ2v) is 6.03. The monoisotopic (exact) mass is 341 g/mol. The number of nitrogens with one attached hydrogen (secondary N) is 2. The molecule has 0 saturated heterocycles. The molecule has 0 radical (unpaired) electrons. The van der Waals surface area contributed by atoms with Crippen molar-refractivity contribution >= 4 is 22.8 Å². The van der Waals surface area contributed by atoms with Gasteiger partial charge in [0.25, 0.3) is 0 Å². The first-order valence-corrected chi connectivity index (χ1v) is 7.88. The molecule has 1 aliphatic rings. The van der Waals surface area contributed by atoms with Crippen LogP contribution in [0.4, 0.5) is 10.2 Å². The molecule has 0 spiro atoms. The Morgan fingerprint density at radius 3 is 2.92 bits per heavy atom. The number of nitrogens with zero attached hydrogens (tertiary/aromatic N) is 3. The third kappa shape index (κ3) is 2.69. The minimum absolute atomic E-state index is 0.278. The maximum atomic E-state index is 13.0. The molecule has 128 valence electrons. The summed E-state index contributed by atoms with van der Waals surface area (Å²) in [6, 6.07) is 5.37. The van der Waals surface area contributed by atoms with Crippen molar-refractivity contribution in [1.82, 2.24) is 20.2 Å². The van der Waals surface area contributed by atoms with Crippen LogP contribution in [-0.2, 0) is 4.79 Å². The van der Waals surface area contributed by atoms with E-state index in [2.05, 4.69) is 25.5 Å². The number of carbonyl (C=O) groups excluding carboxylic acids is 1. The van der Waals surface area contributed by atoms with Crippen molar-refractivity contribution in [2.75, 3.05) is 12.4 Å². The molecular formula is C17H16FN5O2. The number of ether oxygens (including phenoxy) is 1. The van der Waals surface area contributed by atoms with Crippen molar-refractivity contribution in [3.05, 3.63) is 30.0 Å². The van der Waals surface area contributed by atoms with Gasteiger partial charge in [0.2, 0.25) is 11.8 Å². The van der Waals surface area contributed by atoms with Crippen molar-refractivity contribution in [3.63, 3.8) is 0 Å². The number of carbonyl (C=O) groups is 1. The molecular weight excluding hydrogens is 325 g/mol. The van der Waals surface area contributed by atoms with Gasteiger partial charge in [0.05, 0.1) is 24.3 Å². The molecule has 3 aromatic rings. The second-order valence-electron chi connectivity index (χ2n) is 6.03. The lowest BCUT2D eigenvalue weighted by Crippen LogP contribution is -2.15. The number of hydrogen-bond acceptors (Lipinski definition) is 5. The number of pyridine rings is 2. The number of alkyl halides is 1. The van der Waals surface area contributed by atoms with Crippen LogP contribution in [0.5, 0.6) is 5.88 Å². The number of H-pyrrole nitrogens is 1. The van der Waals surface area contributed by atoms with Gasteiger partial charge in [-0.15, -0.1) is 0 Å². The Morgan fingerprint density at radius 2 is 2.20 bits per heavy atom. The first-order chi connectivity index (χ1) is 12.1. The fraction of sp³-hybridized carbons (Fsp3) is 0.294. The van der Waals surface area contributed by atoms with Crippen molar-refractivity contribution in [2.24, 2.45) is 5.92 Å². The number of rotatable bonds is 4. The van der Waals surface area contributed by atoms with Gasteiger partial charge in [-0.1, -0.05) is 0 Å². The van der Waals surface area contributed by atoms with Gasteiger partial charge in [-0.25, -0.2) is 14.4 Å². The van der Waals surface area contributed by atoms with Gasteiger partial charge in [-0.2, -0.15) is 5.10 Å². The van der Waals surface area contributed by atoms with E-state index in [9.17, 15) is 9.18 Å². The van der Waals surface area contributed by atoms with Gasteiger partial charge in [-0.05, 0) is 37.1 Å². The van der Waals surface area contributed by atoms with Crippen LogP contribution < -0.4 is 10.1 Å². The Hall–Kier alpha value is -3.03. The summed E-state index contributed by atoms with van der Waals surface area (Å²) in [5, 5.41) is 10.6. The number of fused-ring (bicyclic) bond motifs is 1. The van der Waals surface area contributed by atoms with Gasteiger partial charge in [-0.3, -0.25) is 9.89 Å². The highest BCUT2D eigenvalue weighted by Crippen LogP contribution is 2.36. The molecule has 8 heteroatoms. The van der Waals surface area contributed by atoms with E-state index in [4.69, 9.17) is 4.74 Å². The number of aromatic amines is 1. The number of halogens is 1. The van der Waals surface area contributed by atoms with E-state index < -0.39 is 12.1 Å². The van der Waals surface area contributed by atoms with Gasteiger partial charge < -0.3 is 10.1 Å². The SMILES string of the molecule is COc1nccc(C)c1-c1[nH]nc2nc(NC(=O)[C@@H]3C[C@@H]3F)ccc12. The summed E-state index contributed by atoms with van der Waals surface area (Å²) in [5.41, 5.74) is 2.99. The molecule has 4 rings (SSSR count). The average Bonchev–Trinajstić information content (AvgIpc) is 3.20. The predicted molar refractivity (Wildman–Crippen MR) is 90.0 cm³/mol. The molecule has 3 heterocycles. The van der Waals surface area contributed by atoms with E-state index in [1.165, 1.54) is 0 Å². The summed E-state index contributed by atoms with van der Waals surface area (Å²) in [7, 11) is 1.56. The number of hydrogen-bond donors (Lipinski definition) is 2. The quantitative estimate of drug-likeness (QED) is 0.761. The Labute approximate surface area is 142 Å². The van der Waals surface area contributed by atoms with E-state index >= 15 is 0 Å². The third-order valence-electron chi connectivity index (χ3n) is 4.29. The zero-order chi connectivity index (χ0) is 17.6. The average molecular weight is 341 g/mol. The van der Waals surface area contributed by atoms with Crippen LogP contribution >= 0.6 is 0 Å². The summed E-state index contributed by atoms with van der Waals surface area (Å²) in [6.07, 6.45) is 0.917. The standard InChI is InChI=1S/C17H16FN5O2/c1-8-5-6-19-17(25-2)13(8)14-9-3-4-12(20-15(9)23-22-14)21-16(24)10-7-11(10)18/h3-6,10-11H,7H2,1-2H3,(H2,20,21,22,23,24)/t10-,11+/m1/s1. The lowest BCUT2D eigenvalue weighted by molar-refractivity contribution is -0.117. The Morgan fingerprint density at radius 1 is 1.40 bits per heavy atom. The van der Waals surface area contributed by atoms with Crippen molar-refractivity contribution < 1.29 is 13.9 Å². The summed E-state index contributed by atoms with van der Waals surface area (Å²) in [6.45, 7) is 1.96. The number of methoxy groups -OCH3 is 1. The molecule has 1 amide bonds. The van der Waals surface area contributed by atoms with Gasteiger partial charge in [0.1, 0.15) is 12.0 Å². The van der Waals surface area contributed by atoms with Crippen LogP contribution in [-0.4, -0.2) is 39.4 Å². The molecule has 0 aliphatic heterocycles. The molecule has 0 unspecified atom stereocenters. The number of amides is 1. The van der Waals surface area contributed by atoms with Gasteiger partial charge in [0, 0.05) is 11.6 Å². The summed E-state index contributed by atoms with van der Waals surface area (Å²) < 4.78 is 18.3. The summed E-state index contributed by atoms with van der Waals surface area (Å²) in [5.74, 6) is -0.0652. The first kappa shape index (κ1) is 15.5. The van der Waals surface area contributed by atoms with Gasteiger partial charge >= 0.3 is 0 Å². The fourth-order valence-electron chi connectivity index (χ4n) is 2.80. The maximum Gasteiger partial charge on any atom is 0.231 e. The molecule has 7 nitrogen and oxygen atoms in total. The zero-order valence-electron chi connectivity index (χ0n) is 13.7. The van der Waals surface area contributed by atoms with E-state index in [0.717, 1.165) is 22.2 Å². The zero-order valence-corrected chi connectivity index (χ0v) is 13.7. The molecule has 2 atom stereocenters. The van der Waals surface area contributed by atoms with Crippen LogP contribution in [0.2, 0.25) is 0 Å². The van der Waals surface area contributed by atoms with Gasteiger partial charge in [0.15, 0.2) is 5.65 Å². The number of anilines is 1. The number of aryl methyl sites for hydroxylation is 1. The van der Waals surface area contributed by atoms with Crippen LogP contribution in [0.1, 0.15) is 12.0 Å². The highest BCUT2D eigenvalue weighted by atomic mass is 19.1. The first-order valence-electron chi connectivity index (χ1n) is 7.88. The second kappa shape index (κ2) is 5.80. The van der Waals surface area contributed by atoms with Crippen LogP contribution in [0.15, 0.2) is 24.4 Å². The Balaban J connectivity index is 1.70. The highest BCUT2D eigenvalue weighted by molar-refractivity contribution is 5.97. The molecule has 2 N–H and O–H groups in total. The third-order valence-corrected chi connectivity index (χ3v) is 4.29. The van der Waals surface area contributed by atoms with Crippen molar-refractivity contribution in [1.29, 1.82) is 0 Å². The smallest absolute Gasteiger partial charge is 0.231 e. The molecule has 0 aromatic carbocycles. The molecule has 0 bridgehead atoms. The van der Waals surface area contributed by atoms with Crippen molar-refractivity contribution in [3.8, 4) is 17.1 Å². The van der Waals surface area contributed by atoms with E-state index in [1.54, 1.807) is 19.4 Å². The maximum absolute atomic E-state index is 13.0. The van der Waals surface area contributed by atoms with E-state index in [-0.39, 0.29) is 12.3 Å². The van der Waals surface area contributed by atoms with Crippen LogP contribution in [0.25, 0.3) is 22.3 Å². The summed E-state index contributed by atoms with van der Waals surface area (Å²) >= 11 is 0. The van der Waals surface area contributed by atoms with E-state index in [0.29, 0.717) is 17.3 Å². The Kier molecular flexibility index (Phi) is 3.60. The lowest BCUT2D eigenvalue weighted by atomic mass is 10.1. The topological polar surface area (TPSA) is 92.8 Å².